The molecule has 34 heavy (non-hydrogen) atoms. The van der Waals surface area contributed by atoms with Crippen molar-refractivity contribution in [2.75, 3.05) is 18.4 Å². The summed E-state index contributed by atoms with van der Waals surface area (Å²) in [6.45, 7) is 1.32. The molecular weight excluding hydrogens is 491 g/mol. The van der Waals surface area contributed by atoms with Crippen molar-refractivity contribution in [3.63, 3.8) is 0 Å². The van der Waals surface area contributed by atoms with Crippen LogP contribution in [0.2, 0.25) is 0 Å². The highest BCUT2D eigenvalue weighted by atomic mass is 35.5. The van der Waals surface area contributed by atoms with Gasteiger partial charge in [0.2, 0.25) is 5.91 Å². The number of hydrogen-bond acceptors (Lipinski definition) is 4. The molecule has 2 heterocycles. The van der Waals surface area contributed by atoms with E-state index in [-0.39, 0.29) is 5.91 Å². The number of unbranched alkanes of at least 4 members (excludes halogenated alkanes) is 1. The minimum absolute atomic E-state index is 0.000103. The van der Waals surface area contributed by atoms with Gasteiger partial charge in [0, 0.05) is 47.4 Å². The fourth-order valence-corrected chi connectivity index (χ4v) is 4.59. The average molecular weight is 517 g/mol. The Morgan fingerprint density at radius 3 is 2.74 bits per heavy atom. The molecule has 6 nitrogen and oxygen atoms in total. The lowest BCUT2D eigenvalue weighted by Crippen LogP contribution is -2.25. The first-order valence-corrected chi connectivity index (χ1v) is 12.5. The van der Waals surface area contributed by atoms with Gasteiger partial charge in [0.25, 0.3) is 0 Å². The van der Waals surface area contributed by atoms with Crippen molar-refractivity contribution in [3.8, 4) is 0 Å². The molecule has 176 valence electrons. The van der Waals surface area contributed by atoms with Crippen LogP contribution in [0.5, 0.6) is 0 Å². The number of rotatable bonds is 9. The van der Waals surface area contributed by atoms with Gasteiger partial charge in [0.15, 0.2) is 5.65 Å². The van der Waals surface area contributed by atoms with Crippen molar-refractivity contribution in [2.45, 2.75) is 44.9 Å². The van der Waals surface area contributed by atoms with E-state index in [9.17, 15) is 4.79 Å². The van der Waals surface area contributed by atoms with Crippen LogP contribution in [0.3, 0.4) is 0 Å². The van der Waals surface area contributed by atoms with Crippen LogP contribution < -0.4 is 16.1 Å². The predicted octanol–water partition coefficient (Wildman–Crippen LogP) is 4.93. The second-order valence-corrected chi connectivity index (χ2v) is 9.66. The molecule has 0 atom stereocenters. The van der Waals surface area contributed by atoms with E-state index in [4.69, 9.17) is 42.6 Å². The molecule has 0 saturated heterocycles. The topological polar surface area (TPSA) is 71.3 Å². The number of allylic oxidation sites excluding steroid dienone is 7. The smallest absolute Gasteiger partial charge is 0.224 e. The summed E-state index contributed by atoms with van der Waals surface area (Å²) in [7, 11) is 6.08. The van der Waals surface area contributed by atoms with E-state index in [2.05, 4.69) is 26.8 Å². The minimum Gasteiger partial charge on any atom is -0.370 e. The highest BCUT2D eigenvalue weighted by molar-refractivity contribution is 6.40. The quantitative estimate of drug-likeness (QED) is 0.366. The number of amides is 1. The van der Waals surface area contributed by atoms with Crippen LogP contribution in [0.1, 0.15) is 50.6 Å². The molecule has 0 aromatic carbocycles. The Kier molecular flexibility index (Phi) is 8.40. The summed E-state index contributed by atoms with van der Waals surface area (Å²) in [4.78, 5) is 16.9. The highest BCUT2D eigenvalue weighted by Crippen LogP contribution is 2.31. The summed E-state index contributed by atoms with van der Waals surface area (Å²) < 4.78 is 1.70. The SMILES string of the molecule is [B]c1cnn2c(NCCCCNC(=O)CC3=CC(Cl)=C(Cl)CC3)cc(C3=C(Cl)CCC=C3)nc12. The van der Waals surface area contributed by atoms with Crippen LogP contribution in [0.25, 0.3) is 11.2 Å². The second kappa shape index (κ2) is 11.5. The maximum absolute atomic E-state index is 12.2. The van der Waals surface area contributed by atoms with E-state index >= 15 is 0 Å². The van der Waals surface area contributed by atoms with Gasteiger partial charge in [-0.05, 0) is 50.1 Å². The number of nitrogens with one attached hydrogen (secondary N) is 2. The first-order valence-electron chi connectivity index (χ1n) is 11.4. The number of carbonyl (C=O) groups excluding carboxylic acids is 1. The third-order valence-electron chi connectivity index (χ3n) is 5.76. The van der Waals surface area contributed by atoms with E-state index in [1.165, 1.54) is 0 Å². The van der Waals surface area contributed by atoms with E-state index in [1.54, 1.807) is 16.8 Å². The van der Waals surface area contributed by atoms with Crippen LogP contribution in [-0.2, 0) is 4.79 Å². The van der Waals surface area contributed by atoms with Gasteiger partial charge >= 0.3 is 0 Å². The molecule has 0 aliphatic heterocycles. The zero-order valence-electron chi connectivity index (χ0n) is 18.7. The van der Waals surface area contributed by atoms with Crippen LogP contribution in [-0.4, -0.2) is 41.4 Å². The molecule has 2 radical (unpaired) electrons. The van der Waals surface area contributed by atoms with E-state index in [0.29, 0.717) is 47.1 Å². The summed E-state index contributed by atoms with van der Waals surface area (Å²) >= 11 is 18.5. The highest BCUT2D eigenvalue weighted by Gasteiger charge is 2.15. The summed E-state index contributed by atoms with van der Waals surface area (Å²) in [5.41, 5.74) is 3.79. The predicted molar refractivity (Wildman–Crippen MR) is 141 cm³/mol. The Labute approximate surface area is 215 Å². The van der Waals surface area contributed by atoms with Crippen molar-refractivity contribution in [2.24, 2.45) is 0 Å². The first kappa shape index (κ1) is 24.9. The average Bonchev–Trinajstić information content (AvgIpc) is 3.19. The van der Waals surface area contributed by atoms with Gasteiger partial charge in [-0.15, -0.1) is 0 Å². The van der Waals surface area contributed by atoms with Crippen molar-refractivity contribution in [3.05, 3.63) is 56.9 Å². The lowest BCUT2D eigenvalue weighted by molar-refractivity contribution is -0.120. The van der Waals surface area contributed by atoms with Crippen LogP contribution in [0.4, 0.5) is 5.82 Å². The lowest BCUT2D eigenvalue weighted by atomic mass is 10.00. The second-order valence-electron chi connectivity index (χ2n) is 8.34. The Balaban J connectivity index is 1.29. The fourth-order valence-electron chi connectivity index (χ4n) is 3.93. The van der Waals surface area contributed by atoms with Gasteiger partial charge in [-0.2, -0.15) is 9.61 Å². The molecule has 0 saturated carbocycles. The molecule has 10 heteroatoms. The number of aromatic nitrogens is 3. The molecule has 2 aliphatic rings. The Bertz CT molecular complexity index is 1210. The first-order chi connectivity index (χ1) is 16.4. The molecule has 1 amide bonds. The largest absolute Gasteiger partial charge is 0.370 e. The molecule has 4 rings (SSSR count). The number of halogens is 3. The minimum atomic E-state index is -0.000103. The summed E-state index contributed by atoms with van der Waals surface area (Å²) in [6.07, 6.45) is 12.7. The maximum Gasteiger partial charge on any atom is 0.224 e. The van der Waals surface area contributed by atoms with Crippen molar-refractivity contribution >= 4 is 71.1 Å². The van der Waals surface area contributed by atoms with Crippen molar-refractivity contribution < 1.29 is 4.79 Å². The van der Waals surface area contributed by atoms with Gasteiger partial charge in [0.1, 0.15) is 13.7 Å². The molecule has 0 bridgehead atoms. The number of anilines is 1. The molecule has 0 unspecified atom stereocenters. The van der Waals surface area contributed by atoms with Gasteiger partial charge in [-0.3, -0.25) is 4.79 Å². The van der Waals surface area contributed by atoms with Crippen molar-refractivity contribution in [1.29, 1.82) is 0 Å². The zero-order chi connectivity index (χ0) is 24.1. The summed E-state index contributed by atoms with van der Waals surface area (Å²) in [5, 5.41) is 12.7. The third kappa shape index (κ3) is 6.07. The van der Waals surface area contributed by atoms with Gasteiger partial charge in [-0.25, -0.2) is 4.98 Å². The maximum atomic E-state index is 12.2. The van der Waals surface area contributed by atoms with Crippen LogP contribution in [0, 0.1) is 0 Å². The number of hydrogen-bond donors (Lipinski definition) is 2. The van der Waals surface area contributed by atoms with E-state index in [0.717, 1.165) is 59.8 Å². The standard InChI is InChI=1S/C24H25BCl3N5O/c25-17-14-31-33-22(13-21(32-24(17)33)16-5-1-2-6-18(16)26)29-9-3-4-10-30-23(34)12-15-7-8-19(27)20(28)11-15/h1,5,11,13-14,29H,2-4,6-10,12H2,(H,30,34). The number of fused-ring (bicyclic) bond motifs is 1. The van der Waals surface area contributed by atoms with Crippen molar-refractivity contribution in [1.82, 2.24) is 19.9 Å². The number of carbonyl (C=O) groups is 1. The summed E-state index contributed by atoms with van der Waals surface area (Å²) in [5.74, 6) is 0.796. The van der Waals surface area contributed by atoms with Gasteiger partial charge in [-0.1, -0.05) is 52.5 Å². The summed E-state index contributed by atoms with van der Waals surface area (Å²) in [6, 6.07) is 1.94. The van der Waals surface area contributed by atoms with Gasteiger partial charge < -0.3 is 10.6 Å². The van der Waals surface area contributed by atoms with Crippen LogP contribution >= 0.6 is 34.8 Å². The van der Waals surface area contributed by atoms with E-state index < -0.39 is 0 Å². The number of nitrogens with zero attached hydrogens (tertiary/aromatic N) is 3. The molecule has 2 aromatic rings. The molecular formula is C24H25BCl3N5O. The Morgan fingerprint density at radius 1 is 1.12 bits per heavy atom. The normalized spacial score (nSPS) is 16.3. The Morgan fingerprint density at radius 2 is 1.94 bits per heavy atom. The Hall–Kier alpha value is -2.22. The fraction of sp³-hybridized carbons (Fsp3) is 0.375. The molecule has 2 aromatic heterocycles. The molecule has 2 N–H and O–H groups in total. The molecule has 0 spiro atoms. The molecule has 0 fully saturated rings. The van der Waals surface area contributed by atoms with E-state index in [1.807, 2.05) is 12.1 Å². The zero-order valence-corrected chi connectivity index (χ0v) is 21.0. The van der Waals surface area contributed by atoms with Gasteiger partial charge in [0.05, 0.1) is 10.7 Å². The monoisotopic (exact) mass is 515 g/mol. The third-order valence-corrected chi connectivity index (χ3v) is 6.98. The lowest BCUT2D eigenvalue weighted by Gasteiger charge is -2.14. The van der Waals surface area contributed by atoms with Crippen LogP contribution in [0.15, 0.2) is 51.2 Å². The molecule has 2 aliphatic carbocycles.